The molecule has 0 radical (unpaired) electrons. The second-order valence-electron chi connectivity index (χ2n) is 8.35. The van der Waals surface area contributed by atoms with Crippen molar-refractivity contribution in [3.05, 3.63) is 53.1 Å². The maximum Gasteiger partial charge on any atom is 0.243 e. The molecule has 35 heavy (non-hydrogen) atoms. The minimum absolute atomic E-state index is 0.0913. The van der Waals surface area contributed by atoms with Crippen molar-refractivity contribution in [2.75, 3.05) is 33.8 Å². The van der Waals surface area contributed by atoms with Crippen LogP contribution in [0.1, 0.15) is 25.3 Å². The van der Waals surface area contributed by atoms with Crippen LogP contribution in [-0.4, -0.2) is 65.1 Å². The second-order valence-corrected chi connectivity index (χ2v) is 12.8. The van der Waals surface area contributed by atoms with E-state index in [2.05, 4.69) is 5.32 Å². The molecule has 1 amide bonds. The Morgan fingerprint density at radius 3 is 2.20 bits per heavy atom. The normalized spacial score (nSPS) is 15.8. The van der Waals surface area contributed by atoms with Crippen LogP contribution in [-0.2, 0) is 31.4 Å². The molecule has 1 saturated heterocycles. The van der Waals surface area contributed by atoms with Gasteiger partial charge in [0.2, 0.25) is 26.0 Å². The Hall–Kier alpha value is -2.18. The molecular weight excluding hydrogens is 514 g/mol. The van der Waals surface area contributed by atoms with Crippen molar-refractivity contribution in [1.82, 2.24) is 13.9 Å². The van der Waals surface area contributed by atoms with Gasteiger partial charge in [-0.1, -0.05) is 23.7 Å². The predicted molar refractivity (Wildman–Crippen MR) is 133 cm³/mol. The van der Waals surface area contributed by atoms with Crippen LogP contribution in [0.3, 0.4) is 0 Å². The number of nitrogens with zero attached hydrogens (tertiary/aromatic N) is 2. The number of benzene rings is 2. The van der Waals surface area contributed by atoms with Gasteiger partial charge in [0.05, 0.1) is 21.4 Å². The number of amides is 1. The largest absolute Gasteiger partial charge is 0.492 e. The van der Waals surface area contributed by atoms with Crippen molar-refractivity contribution in [2.45, 2.75) is 36.1 Å². The van der Waals surface area contributed by atoms with Gasteiger partial charge in [0.1, 0.15) is 5.75 Å². The molecule has 3 rings (SSSR count). The van der Waals surface area contributed by atoms with Gasteiger partial charge in [-0.2, -0.15) is 4.31 Å². The van der Waals surface area contributed by atoms with Crippen LogP contribution < -0.4 is 10.1 Å². The third kappa shape index (κ3) is 6.34. The van der Waals surface area contributed by atoms with Crippen LogP contribution in [0.5, 0.6) is 5.75 Å². The number of hydrogen-bond acceptors (Lipinski definition) is 6. The van der Waals surface area contributed by atoms with Crippen molar-refractivity contribution in [3.8, 4) is 5.75 Å². The van der Waals surface area contributed by atoms with E-state index < -0.39 is 20.0 Å². The van der Waals surface area contributed by atoms with E-state index in [1.54, 1.807) is 18.2 Å². The lowest BCUT2D eigenvalue weighted by Gasteiger charge is -2.30. The minimum atomic E-state index is -3.73. The van der Waals surface area contributed by atoms with Crippen molar-refractivity contribution in [3.63, 3.8) is 0 Å². The summed E-state index contributed by atoms with van der Waals surface area (Å²) < 4.78 is 58.2. The Kier molecular flexibility index (Phi) is 8.81. The number of carbonyl (C=O) groups excluding carboxylic acids is 1. The molecule has 12 heteroatoms. The quantitative estimate of drug-likeness (QED) is 0.520. The van der Waals surface area contributed by atoms with E-state index in [0.29, 0.717) is 25.2 Å². The molecule has 2 aromatic carbocycles. The average molecular weight is 544 g/mol. The molecule has 9 nitrogen and oxygen atoms in total. The van der Waals surface area contributed by atoms with Gasteiger partial charge in [-0.05, 0) is 55.7 Å². The van der Waals surface area contributed by atoms with Gasteiger partial charge in [-0.15, -0.1) is 0 Å². The highest BCUT2D eigenvalue weighted by Gasteiger charge is 2.32. The first kappa shape index (κ1) is 27.4. The summed E-state index contributed by atoms with van der Waals surface area (Å²) in [6, 6.07) is 10.7. The number of carbonyl (C=O) groups is 1. The van der Waals surface area contributed by atoms with Gasteiger partial charge < -0.3 is 10.1 Å². The lowest BCUT2D eigenvalue weighted by Crippen LogP contribution is -2.42. The van der Waals surface area contributed by atoms with E-state index >= 15 is 0 Å². The Balaban J connectivity index is 1.55. The zero-order valence-electron chi connectivity index (χ0n) is 19.9. The van der Waals surface area contributed by atoms with Crippen molar-refractivity contribution >= 4 is 37.6 Å². The summed E-state index contributed by atoms with van der Waals surface area (Å²) in [7, 11) is -4.31. The fourth-order valence-electron chi connectivity index (χ4n) is 3.75. The lowest BCUT2D eigenvalue weighted by molar-refractivity contribution is -0.126. The second kappa shape index (κ2) is 11.3. The van der Waals surface area contributed by atoms with E-state index in [0.717, 1.165) is 9.87 Å². The maximum atomic E-state index is 13.0. The van der Waals surface area contributed by atoms with Gasteiger partial charge >= 0.3 is 0 Å². The summed E-state index contributed by atoms with van der Waals surface area (Å²) in [5.41, 5.74) is 0.767. The summed E-state index contributed by atoms with van der Waals surface area (Å²) in [5, 5.41) is 3.09. The molecule has 0 bridgehead atoms. The first-order valence-electron chi connectivity index (χ1n) is 11.2. The average Bonchev–Trinajstić information content (AvgIpc) is 2.84. The van der Waals surface area contributed by atoms with Gasteiger partial charge in [-0.3, -0.25) is 4.79 Å². The summed E-state index contributed by atoms with van der Waals surface area (Å²) >= 11 is 6.16. The van der Waals surface area contributed by atoms with Crippen LogP contribution in [0.25, 0.3) is 0 Å². The highest BCUT2D eigenvalue weighted by molar-refractivity contribution is 7.89. The third-order valence-corrected chi connectivity index (χ3v) is 9.85. The minimum Gasteiger partial charge on any atom is -0.492 e. The van der Waals surface area contributed by atoms with E-state index in [-0.39, 0.29) is 46.3 Å². The number of rotatable bonds is 9. The van der Waals surface area contributed by atoms with Crippen LogP contribution >= 0.6 is 11.6 Å². The zero-order chi connectivity index (χ0) is 25.8. The van der Waals surface area contributed by atoms with E-state index in [4.69, 9.17) is 16.3 Å². The number of hydrogen-bond donors (Lipinski definition) is 1. The summed E-state index contributed by atoms with van der Waals surface area (Å²) in [6.07, 6.45) is 0.797. The predicted octanol–water partition coefficient (Wildman–Crippen LogP) is 2.71. The fourth-order valence-corrected chi connectivity index (χ4v) is 6.44. The number of halogens is 1. The smallest absolute Gasteiger partial charge is 0.243 e. The molecule has 1 heterocycles. The summed E-state index contributed by atoms with van der Waals surface area (Å²) in [5.74, 6) is -0.0348. The highest BCUT2D eigenvalue weighted by atomic mass is 35.5. The molecule has 0 aromatic heterocycles. The summed E-state index contributed by atoms with van der Waals surface area (Å²) in [6.45, 7) is 2.94. The topological polar surface area (TPSA) is 113 Å². The molecular formula is C23H30ClN3O6S2. The van der Waals surface area contributed by atoms with Crippen LogP contribution in [0.4, 0.5) is 0 Å². The van der Waals surface area contributed by atoms with Gasteiger partial charge in [0, 0.05) is 39.6 Å². The van der Waals surface area contributed by atoms with E-state index in [1.165, 1.54) is 42.7 Å². The SMILES string of the molecule is CCOc1ccc(S(=O)(=O)N2CCC(C(=O)NCc3ccc(S(=O)(=O)N(C)C)cc3)CC2)cc1Cl. The first-order chi connectivity index (χ1) is 16.5. The Labute approximate surface area is 212 Å². The Morgan fingerprint density at radius 1 is 1.06 bits per heavy atom. The maximum absolute atomic E-state index is 13.0. The molecule has 0 saturated carbocycles. The molecule has 0 unspecified atom stereocenters. The monoisotopic (exact) mass is 543 g/mol. The van der Waals surface area contributed by atoms with Gasteiger partial charge in [0.25, 0.3) is 0 Å². The number of piperidine rings is 1. The van der Waals surface area contributed by atoms with Crippen LogP contribution in [0.2, 0.25) is 5.02 Å². The zero-order valence-corrected chi connectivity index (χ0v) is 22.3. The lowest BCUT2D eigenvalue weighted by atomic mass is 9.97. The van der Waals surface area contributed by atoms with E-state index in [9.17, 15) is 21.6 Å². The van der Waals surface area contributed by atoms with E-state index in [1.807, 2.05) is 6.92 Å². The molecule has 1 aliphatic heterocycles. The fraction of sp³-hybridized carbons (Fsp3) is 0.435. The molecule has 1 aliphatic rings. The van der Waals surface area contributed by atoms with Crippen molar-refractivity contribution in [2.24, 2.45) is 5.92 Å². The molecule has 1 fully saturated rings. The summed E-state index contributed by atoms with van der Waals surface area (Å²) in [4.78, 5) is 12.9. The third-order valence-electron chi connectivity index (χ3n) is 5.83. The number of ether oxygens (including phenoxy) is 1. The van der Waals surface area contributed by atoms with Crippen molar-refractivity contribution < 1.29 is 26.4 Å². The Morgan fingerprint density at radius 2 is 1.66 bits per heavy atom. The highest BCUT2D eigenvalue weighted by Crippen LogP contribution is 2.30. The molecule has 0 atom stereocenters. The Bertz CT molecular complexity index is 1260. The van der Waals surface area contributed by atoms with Crippen LogP contribution in [0, 0.1) is 5.92 Å². The van der Waals surface area contributed by atoms with Crippen LogP contribution in [0.15, 0.2) is 52.3 Å². The van der Waals surface area contributed by atoms with Gasteiger partial charge in [-0.25, -0.2) is 21.1 Å². The molecule has 1 N–H and O–H groups in total. The molecule has 192 valence electrons. The molecule has 0 aliphatic carbocycles. The van der Waals surface area contributed by atoms with Crippen molar-refractivity contribution in [1.29, 1.82) is 0 Å². The molecule has 0 spiro atoms. The first-order valence-corrected chi connectivity index (χ1v) is 14.4. The molecule has 2 aromatic rings. The standard InChI is InChI=1S/C23H30ClN3O6S2/c1-4-33-22-10-9-20(15-21(22)24)35(31,32)27-13-11-18(12-14-27)23(28)25-16-17-5-7-19(8-6-17)34(29,30)26(2)3/h5-10,15,18H,4,11-14,16H2,1-3H3,(H,25,28). The number of nitrogens with one attached hydrogen (secondary N) is 1. The van der Waals surface area contributed by atoms with Gasteiger partial charge in [0.15, 0.2) is 0 Å². The number of sulfonamides is 2.